The Morgan fingerprint density at radius 2 is 2.28 bits per heavy atom. The molecule has 0 radical (unpaired) electrons. The van der Waals surface area contributed by atoms with Crippen LogP contribution in [0.2, 0.25) is 0 Å². The largest absolute Gasteiger partial charge is 0.293 e. The first-order valence-corrected chi connectivity index (χ1v) is 6.69. The molecule has 0 saturated carbocycles. The lowest BCUT2D eigenvalue weighted by molar-refractivity contribution is 0.674. The fourth-order valence-corrected chi connectivity index (χ4v) is 2.85. The fourth-order valence-electron chi connectivity index (χ4n) is 2.35. The quantitative estimate of drug-likeness (QED) is 0.839. The zero-order chi connectivity index (χ0) is 12.7. The zero-order valence-electron chi connectivity index (χ0n) is 10.1. The molecule has 0 amide bonds. The summed E-state index contributed by atoms with van der Waals surface area (Å²) in [6.07, 6.45) is 6.33. The molecule has 0 unspecified atom stereocenters. The molecule has 0 saturated heterocycles. The third kappa shape index (κ3) is 1.90. The lowest BCUT2D eigenvalue weighted by Crippen LogP contribution is -2.25. The van der Waals surface area contributed by atoms with Gasteiger partial charge in [0.15, 0.2) is 0 Å². The monoisotopic (exact) mass is 308 g/mol. The van der Waals surface area contributed by atoms with E-state index in [0.29, 0.717) is 6.54 Å². The van der Waals surface area contributed by atoms with E-state index < -0.39 is 0 Å². The van der Waals surface area contributed by atoms with Crippen LogP contribution < -0.4 is 5.56 Å². The second-order valence-electron chi connectivity index (χ2n) is 4.55. The van der Waals surface area contributed by atoms with Crippen LogP contribution in [0.15, 0.2) is 21.8 Å². The molecule has 2 heterocycles. The summed E-state index contributed by atoms with van der Waals surface area (Å²) in [5.41, 5.74) is 2.77. The third-order valence-corrected chi connectivity index (χ3v) is 3.90. The Hall–Kier alpha value is -1.43. The van der Waals surface area contributed by atoms with Gasteiger partial charge >= 0.3 is 0 Å². The van der Waals surface area contributed by atoms with Gasteiger partial charge in [-0.2, -0.15) is 5.10 Å². The van der Waals surface area contributed by atoms with Crippen LogP contribution in [0.3, 0.4) is 0 Å². The average molecular weight is 309 g/mol. The van der Waals surface area contributed by atoms with Crippen molar-refractivity contribution in [2.24, 2.45) is 7.05 Å². The van der Waals surface area contributed by atoms with Crippen molar-refractivity contribution in [1.82, 2.24) is 19.3 Å². The lowest BCUT2D eigenvalue weighted by atomic mass is 10.2. The fraction of sp³-hybridized carbons (Fsp3) is 0.417. The molecular weight excluding hydrogens is 296 g/mol. The summed E-state index contributed by atoms with van der Waals surface area (Å²) in [6.45, 7) is 0.459. The van der Waals surface area contributed by atoms with Gasteiger partial charge in [0.1, 0.15) is 0 Å². The Kier molecular flexibility index (Phi) is 2.81. The number of aromatic nitrogens is 4. The number of hydrogen-bond donors (Lipinski definition) is 0. The highest BCUT2D eigenvalue weighted by Gasteiger charge is 2.17. The van der Waals surface area contributed by atoms with Crippen molar-refractivity contribution in [3.63, 3.8) is 0 Å². The van der Waals surface area contributed by atoms with Gasteiger partial charge in [0.05, 0.1) is 28.7 Å². The smallest absolute Gasteiger partial charge is 0.257 e. The minimum atomic E-state index is 0.0788. The Morgan fingerprint density at radius 3 is 3.00 bits per heavy atom. The molecule has 2 aromatic rings. The molecule has 6 heteroatoms. The molecule has 0 fully saturated rings. The van der Waals surface area contributed by atoms with E-state index in [1.165, 1.54) is 0 Å². The van der Waals surface area contributed by atoms with Crippen molar-refractivity contribution in [3.8, 4) is 0 Å². The first kappa shape index (κ1) is 11.6. The maximum absolute atomic E-state index is 12.3. The van der Waals surface area contributed by atoms with E-state index in [4.69, 9.17) is 0 Å². The minimum Gasteiger partial charge on any atom is -0.293 e. The molecule has 5 nitrogen and oxygen atoms in total. The van der Waals surface area contributed by atoms with Crippen LogP contribution in [0.4, 0.5) is 0 Å². The van der Waals surface area contributed by atoms with Crippen molar-refractivity contribution >= 4 is 15.9 Å². The van der Waals surface area contributed by atoms with Crippen LogP contribution in [0.25, 0.3) is 0 Å². The van der Waals surface area contributed by atoms with E-state index in [2.05, 4.69) is 26.0 Å². The molecule has 0 aliphatic heterocycles. The van der Waals surface area contributed by atoms with Gasteiger partial charge in [-0.15, -0.1) is 0 Å². The number of rotatable bonds is 2. The molecule has 3 rings (SSSR count). The van der Waals surface area contributed by atoms with Crippen molar-refractivity contribution in [2.45, 2.75) is 25.8 Å². The van der Waals surface area contributed by atoms with Gasteiger partial charge in [-0.3, -0.25) is 14.0 Å². The third-order valence-electron chi connectivity index (χ3n) is 3.24. The molecule has 1 aliphatic rings. The highest BCUT2D eigenvalue weighted by molar-refractivity contribution is 9.10. The highest BCUT2D eigenvalue weighted by Crippen LogP contribution is 2.17. The van der Waals surface area contributed by atoms with Crippen LogP contribution >= 0.6 is 15.9 Å². The molecule has 0 N–H and O–H groups in total. The van der Waals surface area contributed by atoms with Crippen LogP contribution in [-0.2, 0) is 26.4 Å². The first-order chi connectivity index (χ1) is 8.65. The molecule has 0 atom stereocenters. The maximum Gasteiger partial charge on any atom is 0.257 e. The van der Waals surface area contributed by atoms with Crippen molar-refractivity contribution < 1.29 is 0 Å². The Balaban J connectivity index is 1.99. The number of aryl methyl sites for hydroxylation is 2. The number of halogens is 1. The minimum absolute atomic E-state index is 0.0788. The molecule has 0 bridgehead atoms. The predicted molar refractivity (Wildman–Crippen MR) is 70.5 cm³/mol. The maximum atomic E-state index is 12.3. The van der Waals surface area contributed by atoms with Crippen LogP contribution in [0.1, 0.15) is 23.4 Å². The number of hydrogen-bond acceptors (Lipinski definition) is 3. The molecule has 2 aromatic heterocycles. The SMILES string of the molecule is Cn1cc(Br)c(Cn2cnc3c(c2=O)CCC3)n1. The van der Waals surface area contributed by atoms with Gasteiger partial charge in [0.25, 0.3) is 5.56 Å². The van der Waals surface area contributed by atoms with Gasteiger partial charge in [-0.25, -0.2) is 4.98 Å². The summed E-state index contributed by atoms with van der Waals surface area (Å²) < 4.78 is 4.28. The number of fused-ring (bicyclic) bond motifs is 1. The summed E-state index contributed by atoms with van der Waals surface area (Å²) in [5.74, 6) is 0. The predicted octanol–water partition coefficient (Wildman–Crippen LogP) is 1.28. The van der Waals surface area contributed by atoms with Gasteiger partial charge in [-0.05, 0) is 35.2 Å². The van der Waals surface area contributed by atoms with Crippen LogP contribution in [0, 0.1) is 0 Å². The van der Waals surface area contributed by atoms with E-state index in [1.807, 2.05) is 13.2 Å². The normalized spacial score (nSPS) is 13.9. The van der Waals surface area contributed by atoms with E-state index in [0.717, 1.165) is 40.7 Å². The van der Waals surface area contributed by atoms with Gasteiger partial charge in [-0.1, -0.05) is 0 Å². The van der Waals surface area contributed by atoms with Crippen LogP contribution in [0.5, 0.6) is 0 Å². The van der Waals surface area contributed by atoms with Gasteiger partial charge in [0.2, 0.25) is 0 Å². The molecular formula is C12H13BrN4O. The molecule has 0 spiro atoms. The standard InChI is InChI=1S/C12H13BrN4O/c1-16-5-9(13)11(15-16)6-17-7-14-10-4-2-3-8(10)12(17)18/h5,7H,2-4,6H2,1H3. The van der Waals surface area contributed by atoms with Crippen molar-refractivity contribution in [3.05, 3.63) is 44.3 Å². The molecule has 1 aliphatic carbocycles. The highest BCUT2D eigenvalue weighted by atomic mass is 79.9. The van der Waals surface area contributed by atoms with Gasteiger partial charge in [0, 0.05) is 18.8 Å². The summed E-state index contributed by atoms with van der Waals surface area (Å²) >= 11 is 3.44. The lowest BCUT2D eigenvalue weighted by Gasteiger charge is -2.05. The van der Waals surface area contributed by atoms with E-state index >= 15 is 0 Å². The van der Waals surface area contributed by atoms with Crippen molar-refractivity contribution in [2.75, 3.05) is 0 Å². The summed E-state index contributed by atoms with van der Waals surface area (Å²) in [7, 11) is 1.86. The Bertz CT molecular complexity index is 659. The zero-order valence-corrected chi connectivity index (χ0v) is 11.6. The summed E-state index contributed by atoms with van der Waals surface area (Å²) in [4.78, 5) is 16.6. The van der Waals surface area contributed by atoms with Crippen molar-refractivity contribution in [1.29, 1.82) is 0 Å². The topological polar surface area (TPSA) is 52.7 Å². The average Bonchev–Trinajstić information content (AvgIpc) is 2.90. The van der Waals surface area contributed by atoms with Gasteiger partial charge < -0.3 is 0 Å². The molecule has 0 aromatic carbocycles. The van der Waals surface area contributed by atoms with E-state index in [1.54, 1.807) is 15.6 Å². The molecule has 94 valence electrons. The second-order valence-corrected chi connectivity index (χ2v) is 5.41. The van der Waals surface area contributed by atoms with Crippen LogP contribution in [-0.4, -0.2) is 19.3 Å². The van der Waals surface area contributed by atoms with E-state index in [9.17, 15) is 4.79 Å². The van der Waals surface area contributed by atoms with E-state index in [-0.39, 0.29) is 5.56 Å². The number of nitrogens with zero attached hydrogens (tertiary/aromatic N) is 4. The Labute approximate surface area is 113 Å². The Morgan fingerprint density at radius 1 is 1.44 bits per heavy atom. The second kappa shape index (κ2) is 4.35. The first-order valence-electron chi connectivity index (χ1n) is 5.90. The summed E-state index contributed by atoms with van der Waals surface area (Å²) in [5, 5.41) is 4.32. The molecule has 18 heavy (non-hydrogen) atoms. The summed E-state index contributed by atoms with van der Waals surface area (Å²) in [6, 6.07) is 0.